The lowest BCUT2D eigenvalue weighted by molar-refractivity contribution is -0.0223. The average molecular weight is 197 g/mol. The first kappa shape index (κ1) is 10.4. The number of likely N-dealkylation sites (tertiary alicyclic amines) is 1. The van der Waals surface area contributed by atoms with E-state index in [-0.39, 0.29) is 5.60 Å². The maximum absolute atomic E-state index is 10.6. The molecular weight excluding hydrogens is 174 g/mol. The van der Waals surface area contributed by atoms with E-state index in [0.717, 1.165) is 13.0 Å². The third-order valence-corrected chi connectivity index (χ3v) is 4.29. The van der Waals surface area contributed by atoms with Crippen LogP contribution in [-0.2, 0) is 0 Å². The topological polar surface area (TPSA) is 23.5 Å². The van der Waals surface area contributed by atoms with E-state index in [1.165, 1.54) is 32.1 Å². The first-order valence-electron chi connectivity index (χ1n) is 6.04. The van der Waals surface area contributed by atoms with Gasteiger partial charge in [-0.15, -0.1) is 0 Å². The third kappa shape index (κ3) is 1.82. The lowest BCUT2D eigenvalue weighted by Crippen LogP contribution is -2.41. The van der Waals surface area contributed by atoms with Gasteiger partial charge in [-0.3, -0.25) is 0 Å². The van der Waals surface area contributed by atoms with Gasteiger partial charge in [0.05, 0.1) is 5.60 Å². The Hall–Kier alpha value is -0.0800. The van der Waals surface area contributed by atoms with Gasteiger partial charge in [0.15, 0.2) is 0 Å². The number of nitrogens with zero attached hydrogens (tertiary/aromatic N) is 1. The number of hydrogen-bond donors (Lipinski definition) is 1. The van der Waals surface area contributed by atoms with Gasteiger partial charge >= 0.3 is 0 Å². The zero-order chi connectivity index (χ0) is 10.2. The standard InChI is InChI=1S/C12H23NO/c1-10-8-12(14,9-13(10)2)11-6-4-3-5-7-11/h10-11,14H,3-9H2,1-2H3. The molecule has 0 bridgehead atoms. The summed E-state index contributed by atoms with van der Waals surface area (Å²) in [6, 6.07) is 0.557. The molecule has 0 amide bonds. The Morgan fingerprint density at radius 3 is 2.36 bits per heavy atom. The van der Waals surface area contributed by atoms with Gasteiger partial charge < -0.3 is 10.0 Å². The van der Waals surface area contributed by atoms with Gasteiger partial charge in [0.25, 0.3) is 0 Å². The van der Waals surface area contributed by atoms with Crippen molar-refractivity contribution in [3.8, 4) is 0 Å². The molecule has 0 aromatic carbocycles. The van der Waals surface area contributed by atoms with E-state index in [1.807, 2.05) is 0 Å². The number of aliphatic hydroxyl groups is 1. The highest BCUT2D eigenvalue weighted by molar-refractivity contribution is 4.98. The second-order valence-electron chi connectivity index (χ2n) is 5.41. The van der Waals surface area contributed by atoms with E-state index in [2.05, 4.69) is 18.9 Å². The van der Waals surface area contributed by atoms with Crippen molar-refractivity contribution in [2.75, 3.05) is 13.6 Å². The van der Waals surface area contributed by atoms with Crippen molar-refractivity contribution in [1.29, 1.82) is 0 Å². The summed E-state index contributed by atoms with van der Waals surface area (Å²) in [5.41, 5.74) is -0.366. The van der Waals surface area contributed by atoms with Crippen LogP contribution in [0.25, 0.3) is 0 Å². The maximum Gasteiger partial charge on any atom is 0.0816 e. The van der Waals surface area contributed by atoms with Crippen molar-refractivity contribution in [2.24, 2.45) is 5.92 Å². The Labute approximate surface area is 87.3 Å². The summed E-state index contributed by atoms with van der Waals surface area (Å²) >= 11 is 0. The fourth-order valence-corrected chi connectivity index (χ4v) is 3.26. The summed E-state index contributed by atoms with van der Waals surface area (Å²) in [5.74, 6) is 0.573. The molecule has 0 spiro atoms. The minimum Gasteiger partial charge on any atom is -0.388 e. The van der Waals surface area contributed by atoms with Crippen LogP contribution >= 0.6 is 0 Å². The normalized spacial score (nSPS) is 41.8. The molecule has 2 heteroatoms. The van der Waals surface area contributed by atoms with Crippen LogP contribution in [0.15, 0.2) is 0 Å². The van der Waals surface area contributed by atoms with Crippen LogP contribution < -0.4 is 0 Å². The molecule has 1 saturated carbocycles. The molecule has 82 valence electrons. The Kier molecular flexibility index (Phi) is 2.85. The Bertz CT molecular complexity index is 188. The summed E-state index contributed by atoms with van der Waals surface area (Å²) in [6.07, 6.45) is 7.50. The summed E-state index contributed by atoms with van der Waals surface area (Å²) in [5, 5.41) is 10.6. The Balaban J connectivity index is 2.01. The largest absolute Gasteiger partial charge is 0.388 e. The number of hydrogen-bond acceptors (Lipinski definition) is 2. The Morgan fingerprint density at radius 1 is 1.21 bits per heavy atom. The molecule has 2 fully saturated rings. The molecule has 2 nitrogen and oxygen atoms in total. The van der Waals surface area contributed by atoms with Crippen LogP contribution in [-0.4, -0.2) is 35.2 Å². The lowest BCUT2D eigenvalue weighted by Gasteiger charge is -2.35. The Morgan fingerprint density at radius 2 is 1.86 bits per heavy atom. The first-order valence-corrected chi connectivity index (χ1v) is 6.04. The number of rotatable bonds is 1. The average Bonchev–Trinajstić information content (AvgIpc) is 2.44. The number of likely N-dealkylation sites (N-methyl/N-ethyl adjacent to an activating group) is 1. The monoisotopic (exact) mass is 197 g/mol. The summed E-state index contributed by atoms with van der Waals surface area (Å²) in [4.78, 5) is 2.30. The molecule has 2 unspecified atom stereocenters. The van der Waals surface area contributed by atoms with Gasteiger partial charge in [0.2, 0.25) is 0 Å². The van der Waals surface area contributed by atoms with Gasteiger partial charge in [0, 0.05) is 12.6 Å². The van der Waals surface area contributed by atoms with Crippen LogP contribution in [0.5, 0.6) is 0 Å². The molecule has 1 N–H and O–H groups in total. The molecule has 2 aliphatic rings. The molecular formula is C12H23NO. The van der Waals surface area contributed by atoms with Gasteiger partial charge in [0.1, 0.15) is 0 Å². The SMILES string of the molecule is CC1CC(O)(C2CCCCC2)CN1C. The van der Waals surface area contributed by atoms with Crippen LogP contribution in [0.2, 0.25) is 0 Å². The van der Waals surface area contributed by atoms with Crippen molar-refractivity contribution in [3.63, 3.8) is 0 Å². The number of β-amino-alcohol motifs (C(OH)–C–C–N with tert-alkyl or cyclic N) is 1. The summed E-state index contributed by atoms with van der Waals surface area (Å²) in [7, 11) is 2.13. The molecule has 0 radical (unpaired) electrons. The minimum absolute atomic E-state index is 0.366. The van der Waals surface area contributed by atoms with Crippen molar-refractivity contribution < 1.29 is 5.11 Å². The van der Waals surface area contributed by atoms with Gasteiger partial charge in [-0.2, -0.15) is 0 Å². The predicted octanol–water partition coefficient (Wildman–Crippen LogP) is 2.02. The second kappa shape index (κ2) is 3.82. The molecule has 1 heterocycles. The zero-order valence-corrected chi connectivity index (χ0v) is 9.50. The highest BCUT2D eigenvalue weighted by Crippen LogP contribution is 2.39. The van der Waals surface area contributed by atoms with Gasteiger partial charge in [-0.25, -0.2) is 0 Å². The highest BCUT2D eigenvalue weighted by Gasteiger charge is 2.44. The van der Waals surface area contributed by atoms with E-state index in [0.29, 0.717) is 12.0 Å². The maximum atomic E-state index is 10.6. The third-order valence-electron chi connectivity index (χ3n) is 4.29. The molecule has 1 aliphatic carbocycles. The van der Waals surface area contributed by atoms with E-state index in [9.17, 15) is 5.11 Å². The smallest absolute Gasteiger partial charge is 0.0816 e. The van der Waals surface area contributed by atoms with Crippen LogP contribution in [0.3, 0.4) is 0 Å². The first-order chi connectivity index (χ1) is 6.62. The van der Waals surface area contributed by atoms with Crippen molar-refractivity contribution in [2.45, 2.75) is 57.1 Å². The minimum atomic E-state index is -0.366. The fraction of sp³-hybridized carbons (Fsp3) is 1.00. The molecule has 2 atom stereocenters. The molecule has 0 aromatic heterocycles. The highest BCUT2D eigenvalue weighted by atomic mass is 16.3. The quantitative estimate of drug-likeness (QED) is 0.695. The van der Waals surface area contributed by atoms with Crippen molar-refractivity contribution in [1.82, 2.24) is 4.90 Å². The van der Waals surface area contributed by atoms with Crippen LogP contribution in [0, 0.1) is 5.92 Å². The van der Waals surface area contributed by atoms with E-state index < -0.39 is 0 Å². The van der Waals surface area contributed by atoms with E-state index in [1.54, 1.807) is 0 Å². The molecule has 0 aromatic rings. The van der Waals surface area contributed by atoms with E-state index in [4.69, 9.17) is 0 Å². The van der Waals surface area contributed by atoms with Gasteiger partial charge in [-0.05, 0) is 39.2 Å². The van der Waals surface area contributed by atoms with Crippen LogP contribution in [0.1, 0.15) is 45.4 Å². The molecule has 14 heavy (non-hydrogen) atoms. The second-order valence-corrected chi connectivity index (χ2v) is 5.41. The summed E-state index contributed by atoms with van der Waals surface area (Å²) < 4.78 is 0. The fourth-order valence-electron chi connectivity index (χ4n) is 3.26. The summed E-state index contributed by atoms with van der Waals surface area (Å²) in [6.45, 7) is 3.11. The van der Waals surface area contributed by atoms with Gasteiger partial charge in [-0.1, -0.05) is 19.3 Å². The van der Waals surface area contributed by atoms with Crippen molar-refractivity contribution >= 4 is 0 Å². The zero-order valence-electron chi connectivity index (χ0n) is 9.50. The van der Waals surface area contributed by atoms with Crippen LogP contribution in [0.4, 0.5) is 0 Å². The predicted molar refractivity (Wildman–Crippen MR) is 58.2 cm³/mol. The molecule has 1 aliphatic heterocycles. The molecule has 1 saturated heterocycles. The van der Waals surface area contributed by atoms with Crippen molar-refractivity contribution in [3.05, 3.63) is 0 Å². The van der Waals surface area contributed by atoms with E-state index >= 15 is 0 Å². The molecule has 2 rings (SSSR count). The lowest BCUT2D eigenvalue weighted by atomic mass is 9.76.